The first-order chi connectivity index (χ1) is 7.77. The number of benzene rings is 1. The van der Waals surface area contributed by atoms with Crippen LogP contribution >= 0.6 is 0 Å². The molecule has 0 aliphatic rings. The molecule has 0 atom stereocenters. The number of primary amides is 1. The lowest BCUT2D eigenvalue weighted by Crippen LogP contribution is -2.16. The first-order valence-corrected chi connectivity index (χ1v) is 5.00. The van der Waals surface area contributed by atoms with E-state index in [2.05, 4.69) is 15.5 Å². The molecule has 5 nitrogen and oxygen atoms in total. The summed E-state index contributed by atoms with van der Waals surface area (Å²) in [5, 5.41) is 12.0. The summed E-state index contributed by atoms with van der Waals surface area (Å²) in [7, 11) is 0. The van der Waals surface area contributed by atoms with E-state index in [-0.39, 0.29) is 5.91 Å². The van der Waals surface area contributed by atoms with Gasteiger partial charge in [0.1, 0.15) is 0 Å². The van der Waals surface area contributed by atoms with Crippen molar-refractivity contribution in [1.29, 1.82) is 0 Å². The van der Waals surface area contributed by atoms with Gasteiger partial charge in [-0.05, 0) is 6.07 Å². The molecule has 1 aromatic carbocycles. The smallest absolute Gasteiger partial charge is 0.219 e. The van der Waals surface area contributed by atoms with Crippen LogP contribution in [0.15, 0.2) is 30.5 Å². The van der Waals surface area contributed by atoms with Gasteiger partial charge < -0.3 is 11.1 Å². The topological polar surface area (TPSA) is 80.9 Å². The first-order valence-electron chi connectivity index (χ1n) is 5.00. The van der Waals surface area contributed by atoms with Crippen LogP contribution in [0.4, 0.5) is 5.69 Å². The van der Waals surface area contributed by atoms with Crippen molar-refractivity contribution in [2.45, 2.75) is 6.42 Å². The summed E-state index contributed by atoms with van der Waals surface area (Å²) < 4.78 is 0. The summed E-state index contributed by atoms with van der Waals surface area (Å²) in [5.41, 5.74) is 6.76. The third-order valence-electron chi connectivity index (χ3n) is 2.23. The molecular formula is C11H12N4O. The van der Waals surface area contributed by atoms with E-state index in [0.29, 0.717) is 13.0 Å². The standard InChI is InChI=1S/C11H12N4O/c12-11(16)5-6-13-10-7-14-15-9-4-2-1-3-8(9)10/h1-4,7H,5-6H2,(H2,12,16)(H,13,15). The van der Waals surface area contributed by atoms with Crippen LogP contribution in [0.1, 0.15) is 6.42 Å². The van der Waals surface area contributed by atoms with Crippen molar-refractivity contribution in [2.75, 3.05) is 11.9 Å². The molecule has 0 saturated heterocycles. The fraction of sp³-hybridized carbons (Fsp3) is 0.182. The molecule has 3 N–H and O–H groups in total. The fourth-order valence-electron chi connectivity index (χ4n) is 1.47. The molecule has 0 aliphatic carbocycles. The average Bonchev–Trinajstić information content (AvgIpc) is 2.29. The highest BCUT2D eigenvalue weighted by molar-refractivity contribution is 5.90. The van der Waals surface area contributed by atoms with Crippen LogP contribution in [0.5, 0.6) is 0 Å². The average molecular weight is 216 g/mol. The molecule has 0 fully saturated rings. The van der Waals surface area contributed by atoms with Gasteiger partial charge in [0.05, 0.1) is 17.4 Å². The molecule has 0 spiro atoms. The number of aromatic nitrogens is 2. The Balaban J connectivity index is 2.20. The minimum atomic E-state index is -0.321. The molecule has 0 unspecified atom stereocenters. The summed E-state index contributed by atoms with van der Waals surface area (Å²) in [5.74, 6) is -0.321. The Labute approximate surface area is 92.7 Å². The van der Waals surface area contributed by atoms with Gasteiger partial charge in [0, 0.05) is 18.4 Å². The number of carbonyl (C=O) groups is 1. The number of nitrogens with one attached hydrogen (secondary N) is 1. The predicted molar refractivity (Wildman–Crippen MR) is 61.8 cm³/mol. The molecule has 1 aromatic heterocycles. The number of amides is 1. The van der Waals surface area contributed by atoms with Crippen molar-refractivity contribution < 1.29 is 4.79 Å². The summed E-state index contributed by atoms with van der Waals surface area (Å²) in [4.78, 5) is 10.6. The van der Waals surface area contributed by atoms with Gasteiger partial charge in [-0.1, -0.05) is 18.2 Å². The van der Waals surface area contributed by atoms with Gasteiger partial charge in [-0.15, -0.1) is 0 Å². The SMILES string of the molecule is NC(=O)CCNc1cnnc2ccccc12. The molecular weight excluding hydrogens is 204 g/mol. The van der Waals surface area contributed by atoms with Crippen molar-refractivity contribution in [3.63, 3.8) is 0 Å². The van der Waals surface area contributed by atoms with Crippen LogP contribution in [0.2, 0.25) is 0 Å². The maximum Gasteiger partial charge on any atom is 0.219 e. The van der Waals surface area contributed by atoms with Gasteiger partial charge in [-0.25, -0.2) is 0 Å². The fourth-order valence-corrected chi connectivity index (χ4v) is 1.47. The second-order valence-electron chi connectivity index (χ2n) is 3.42. The van der Waals surface area contributed by atoms with Crippen LogP contribution < -0.4 is 11.1 Å². The van der Waals surface area contributed by atoms with E-state index in [1.165, 1.54) is 0 Å². The zero-order chi connectivity index (χ0) is 11.4. The van der Waals surface area contributed by atoms with E-state index >= 15 is 0 Å². The number of anilines is 1. The molecule has 1 amide bonds. The van der Waals surface area contributed by atoms with Crippen LogP contribution in [0.3, 0.4) is 0 Å². The zero-order valence-corrected chi connectivity index (χ0v) is 8.68. The second-order valence-corrected chi connectivity index (χ2v) is 3.42. The quantitative estimate of drug-likeness (QED) is 0.796. The number of nitrogens with two attached hydrogens (primary N) is 1. The first kappa shape index (κ1) is 10.4. The largest absolute Gasteiger partial charge is 0.383 e. The van der Waals surface area contributed by atoms with Gasteiger partial charge in [0.15, 0.2) is 0 Å². The predicted octanol–water partition coefficient (Wildman–Crippen LogP) is 0.917. The van der Waals surface area contributed by atoms with E-state index in [1.807, 2.05) is 24.3 Å². The van der Waals surface area contributed by atoms with Crippen LogP contribution in [0.25, 0.3) is 10.9 Å². The Morgan fingerprint density at radius 2 is 2.19 bits per heavy atom. The summed E-state index contributed by atoms with van der Waals surface area (Å²) in [6.45, 7) is 0.505. The van der Waals surface area contributed by atoms with Crippen LogP contribution in [0, 0.1) is 0 Å². The second kappa shape index (κ2) is 4.57. The van der Waals surface area contributed by atoms with Gasteiger partial charge in [-0.3, -0.25) is 4.79 Å². The Bertz CT molecular complexity index is 507. The molecule has 82 valence electrons. The third-order valence-corrected chi connectivity index (χ3v) is 2.23. The highest BCUT2D eigenvalue weighted by atomic mass is 16.1. The Kier molecular flexibility index (Phi) is 2.95. The molecule has 0 bridgehead atoms. The van der Waals surface area contributed by atoms with Crippen molar-refractivity contribution in [3.8, 4) is 0 Å². The van der Waals surface area contributed by atoms with E-state index in [1.54, 1.807) is 6.20 Å². The van der Waals surface area contributed by atoms with E-state index in [4.69, 9.17) is 5.73 Å². The Hall–Kier alpha value is -2.17. The Morgan fingerprint density at radius 1 is 1.38 bits per heavy atom. The normalized spacial score (nSPS) is 10.2. The molecule has 0 saturated carbocycles. The summed E-state index contributed by atoms with van der Waals surface area (Å²) in [6.07, 6.45) is 1.94. The number of fused-ring (bicyclic) bond motifs is 1. The number of carbonyl (C=O) groups excluding carboxylic acids is 1. The molecule has 16 heavy (non-hydrogen) atoms. The molecule has 0 aliphatic heterocycles. The van der Waals surface area contributed by atoms with Crippen molar-refractivity contribution in [3.05, 3.63) is 30.5 Å². The molecule has 0 radical (unpaired) electrons. The zero-order valence-electron chi connectivity index (χ0n) is 8.68. The van der Waals surface area contributed by atoms with Gasteiger partial charge in [-0.2, -0.15) is 10.2 Å². The third kappa shape index (κ3) is 2.25. The van der Waals surface area contributed by atoms with Gasteiger partial charge in [0.25, 0.3) is 0 Å². The molecule has 5 heteroatoms. The van der Waals surface area contributed by atoms with Crippen LogP contribution in [-0.4, -0.2) is 22.6 Å². The lowest BCUT2D eigenvalue weighted by molar-refractivity contribution is -0.117. The number of rotatable bonds is 4. The Morgan fingerprint density at radius 3 is 3.00 bits per heavy atom. The maximum atomic E-state index is 10.6. The van der Waals surface area contributed by atoms with Crippen molar-refractivity contribution in [1.82, 2.24) is 10.2 Å². The number of hydrogen-bond acceptors (Lipinski definition) is 4. The molecule has 2 aromatic rings. The highest BCUT2D eigenvalue weighted by Crippen LogP contribution is 2.19. The van der Waals surface area contributed by atoms with E-state index in [9.17, 15) is 4.79 Å². The number of hydrogen-bond donors (Lipinski definition) is 2. The van der Waals surface area contributed by atoms with Gasteiger partial charge in [0.2, 0.25) is 5.91 Å². The highest BCUT2D eigenvalue weighted by Gasteiger charge is 2.01. The minimum absolute atomic E-state index is 0.302. The maximum absolute atomic E-state index is 10.6. The van der Waals surface area contributed by atoms with Crippen LogP contribution in [-0.2, 0) is 4.79 Å². The molecule has 2 rings (SSSR count). The molecule has 1 heterocycles. The minimum Gasteiger partial charge on any atom is -0.383 e. The lowest BCUT2D eigenvalue weighted by atomic mass is 10.2. The van der Waals surface area contributed by atoms with E-state index < -0.39 is 0 Å². The van der Waals surface area contributed by atoms with Gasteiger partial charge >= 0.3 is 0 Å². The van der Waals surface area contributed by atoms with Crippen molar-refractivity contribution >= 4 is 22.5 Å². The monoisotopic (exact) mass is 216 g/mol. The van der Waals surface area contributed by atoms with Crippen molar-refractivity contribution in [2.24, 2.45) is 5.73 Å². The lowest BCUT2D eigenvalue weighted by Gasteiger charge is -2.06. The summed E-state index contributed by atoms with van der Waals surface area (Å²) >= 11 is 0. The number of nitrogens with zero attached hydrogens (tertiary/aromatic N) is 2. The van der Waals surface area contributed by atoms with E-state index in [0.717, 1.165) is 16.6 Å². The summed E-state index contributed by atoms with van der Waals surface area (Å²) in [6, 6.07) is 7.69.